The molecule has 0 N–H and O–H groups in total. The van der Waals surface area contributed by atoms with Gasteiger partial charge in [0.15, 0.2) is 0 Å². The quantitative estimate of drug-likeness (QED) is 0.506. The summed E-state index contributed by atoms with van der Waals surface area (Å²) in [5.74, 6) is 0.885. The minimum absolute atomic E-state index is 0.885. The average Bonchev–Trinajstić information content (AvgIpc) is 2.05. The van der Waals surface area contributed by atoms with Gasteiger partial charge in [0.2, 0.25) is 0 Å². The van der Waals surface area contributed by atoms with Crippen LogP contribution < -0.4 is 0 Å². The van der Waals surface area contributed by atoms with E-state index in [0.29, 0.717) is 0 Å². The van der Waals surface area contributed by atoms with Crippen molar-refractivity contribution in [2.45, 2.75) is 39.5 Å². The smallest absolute Gasteiger partial charge is 0.0172 e. The largest absolute Gasteiger partial charge is 0.103 e. The first kappa shape index (κ1) is 10.5. The van der Waals surface area contributed by atoms with E-state index in [0.717, 1.165) is 12.3 Å². The zero-order valence-corrected chi connectivity index (χ0v) is 7.84. The van der Waals surface area contributed by atoms with E-state index in [1.54, 1.807) is 0 Å². The first-order valence-electron chi connectivity index (χ1n) is 4.61. The molecule has 0 saturated carbocycles. The van der Waals surface area contributed by atoms with Crippen molar-refractivity contribution >= 4 is 0 Å². The molecule has 0 aromatic rings. The zero-order chi connectivity index (χ0) is 8.53. The van der Waals surface area contributed by atoms with Crippen molar-refractivity contribution < 1.29 is 0 Å². The lowest BCUT2D eigenvalue weighted by molar-refractivity contribution is 0.499. The maximum Gasteiger partial charge on any atom is -0.0172 e. The molecule has 0 bridgehead atoms. The van der Waals surface area contributed by atoms with Crippen LogP contribution in [0.3, 0.4) is 0 Å². The summed E-state index contributed by atoms with van der Waals surface area (Å²) in [7, 11) is 0. The van der Waals surface area contributed by atoms with E-state index in [1.807, 2.05) is 6.08 Å². The van der Waals surface area contributed by atoms with Crippen molar-refractivity contribution in [3.05, 3.63) is 24.8 Å². The molecule has 0 spiro atoms. The van der Waals surface area contributed by atoms with Crippen LogP contribution in [0.15, 0.2) is 24.8 Å². The van der Waals surface area contributed by atoms with Gasteiger partial charge in [-0.1, -0.05) is 44.9 Å². The number of rotatable bonds is 6. The summed E-state index contributed by atoms with van der Waals surface area (Å²) in [5.41, 5.74) is 0. The first-order chi connectivity index (χ1) is 5.35. The molecule has 0 aliphatic rings. The highest BCUT2D eigenvalue weighted by molar-refractivity contribution is 4.89. The molecule has 0 atom stereocenters. The van der Waals surface area contributed by atoms with Crippen molar-refractivity contribution in [2.24, 2.45) is 5.92 Å². The third-order valence-corrected chi connectivity index (χ3v) is 2.09. The summed E-state index contributed by atoms with van der Waals surface area (Å²) in [6.07, 6.45) is 11.3. The lowest BCUT2D eigenvalue weighted by Crippen LogP contribution is -1.93. The minimum atomic E-state index is 0.885. The van der Waals surface area contributed by atoms with E-state index in [1.165, 1.54) is 19.3 Å². The van der Waals surface area contributed by atoms with E-state index in [4.69, 9.17) is 0 Å². The molecule has 0 unspecified atom stereocenters. The standard InChI is InChI=1S/C11H20/c1-4-7-8-9-10-11(5-2)6-3/h4,8-9,11H,1,5-7,10H2,2-3H3. The summed E-state index contributed by atoms with van der Waals surface area (Å²) in [6, 6.07) is 0. The molecular formula is C11H20. The van der Waals surface area contributed by atoms with Crippen molar-refractivity contribution in [1.29, 1.82) is 0 Å². The molecule has 64 valence electrons. The summed E-state index contributed by atoms with van der Waals surface area (Å²) in [5, 5.41) is 0. The molecule has 0 rings (SSSR count). The molecule has 0 aliphatic heterocycles. The number of hydrogen-bond acceptors (Lipinski definition) is 0. The number of hydrogen-bond donors (Lipinski definition) is 0. The van der Waals surface area contributed by atoms with Crippen molar-refractivity contribution in [3.63, 3.8) is 0 Å². The van der Waals surface area contributed by atoms with Crippen molar-refractivity contribution in [1.82, 2.24) is 0 Å². The molecule has 0 heterocycles. The highest BCUT2D eigenvalue weighted by Crippen LogP contribution is 2.12. The fourth-order valence-electron chi connectivity index (χ4n) is 1.10. The van der Waals surface area contributed by atoms with E-state index in [2.05, 4.69) is 32.6 Å². The summed E-state index contributed by atoms with van der Waals surface area (Å²) in [6.45, 7) is 8.19. The minimum Gasteiger partial charge on any atom is -0.103 e. The first-order valence-corrected chi connectivity index (χ1v) is 4.61. The van der Waals surface area contributed by atoms with Gasteiger partial charge >= 0.3 is 0 Å². The van der Waals surface area contributed by atoms with Gasteiger partial charge in [0.25, 0.3) is 0 Å². The lowest BCUT2D eigenvalue weighted by atomic mass is 9.99. The summed E-state index contributed by atoms with van der Waals surface area (Å²) in [4.78, 5) is 0. The highest BCUT2D eigenvalue weighted by atomic mass is 14.0. The molecule has 0 aromatic heterocycles. The predicted octanol–water partition coefficient (Wildman–Crippen LogP) is 3.95. The third-order valence-electron chi connectivity index (χ3n) is 2.09. The molecule has 0 radical (unpaired) electrons. The van der Waals surface area contributed by atoms with Crippen LogP contribution in [-0.4, -0.2) is 0 Å². The van der Waals surface area contributed by atoms with Crippen LogP contribution in [0.1, 0.15) is 39.5 Å². The summed E-state index contributed by atoms with van der Waals surface area (Å²) < 4.78 is 0. The molecular weight excluding hydrogens is 132 g/mol. The van der Waals surface area contributed by atoms with Gasteiger partial charge in [-0.25, -0.2) is 0 Å². The second-order valence-corrected chi connectivity index (χ2v) is 2.91. The fourth-order valence-corrected chi connectivity index (χ4v) is 1.10. The SMILES string of the molecule is C=CCC=CCC(CC)CC. The highest BCUT2D eigenvalue weighted by Gasteiger charge is 1.98. The second-order valence-electron chi connectivity index (χ2n) is 2.91. The van der Waals surface area contributed by atoms with E-state index in [9.17, 15) is 0 Å². The number of allylic oxidation sites excluding steroid dienone is 3. The maximum atomic E-state index is 3.67. The van der Waals surface area contributed by atoms with E-state index in [-0.39, 0.29) is 0 Å². The Morgan fingerprint density at radius 3 is 2.27 bits per heavy atom. The Bertz CT molecular complexity index is 107. The third kappa shape index (κ3) is 5.90. The van der Waals surface area contributed by atoms with Gasteiger partial charge in [-0.3, -0.25) is 0 Å². The Kier molecular flexibility index (Phi) is 7.23. The van der Waals surface area contributed by atoms with Gasteiger partial charge in [-0.2, -0.15) is 0 Å². The van der Waals surface area contributed by atoms with Crippen molar-refractivity contribution in [2.75, 3.05) is 0 Å². The van der Waals surface area contributed by atoms with Gasteiger partial charge < -0.3 is 0 Å². The normalized spacial score (nSPS) is 11.2. The van der Waals surface area contributed by atoms with Crippen LogP contribution in [0.4, 0.5) is 0 Å². The zero-order valence-electron chi connectivity index (χ0n) is 7.84. The molecule has 0 nitrogen and oxygen atoms in total. The van der Waals surface area contributed by atoms with Crippen LogP contribution in [0.2, 0.25) is 0 Å². The van der Waals surface area contributed by atoms with Gasteiger partial charge in [-0.05, 0) is 18.8 Å². The van der Waals surface area contributed by atoms with Gasteiger partial charge in [0.05, 0.1) is 0 Å². The van der Waals surface area contributed by atoms with E-state index < -0.39 is 0 Å². The molecule has 0 fully saturated rings. The maximum absolute atomic E-state index is 3.67. The summed E-state index contributed by atoms with van der Waals surface area (Å²) >= 11 is 0. The second kappa shape index (κ2) is 7.59. The topological polar surface area (TPSA) is 0 Å². The van der Waals surface area contributed by atoms with Crippen LogP contribution in [0.5, 0.6) is 0 Å². The lowest BCUT2D eigenvalue weighted by Gasteiger charge is -2.07. The van der Waals surface area contributed by atoms with Gasteiger partial charge in [0, 0.05) is 0 Å². The molecule has 0 heteroatoms. The van der Waals surface area contributed by atoms with Gasteiger partial charge in [-0.15, -0.1) is 6.58 Å². The predicted molar refractivity (Wildman–Crippen MR) is 52.6 cm³/mol. The van der Waals surface area contributed by atoms with Crippen molar-refractivity contribution in [3.8, 4) is 0 Å². The van der Waals surface area contributed by atoms with Crippen LogP contribution in [0.25, 0.3) is 0 Å². The molecule has 0 aromatic carbocycles. The Balaban J connectivity index is 3.40. The Morgan fingerprint density at radius 1 is 1.18 bits per heavy atom. The fraction of sp³-hybridized carbons (Fsp3) is 0.636. The Labute approximate surface area is 71.0 Å². The van der Waals surface area contributed by atoms with Gasteiger partial charge in [0.1, 0.15) is 0 Å². The molecule has 11 heavy (non-hydrogen) atoms. The van der Waals surface area contributed by atoms with Crippen LogP contribution in [0, 0.1) is 5.92 Å². The molecule has 0 saturated heterocycles. The Morgan fingerprint density at radius 2 is 1.82 bits per heavy atom. The molecule has 0 amide bonds. The average molecular weight is 152 g/mol. The van der Waals surface area contributed by atoms with Crippen LogP contribution >= 0.6 is 0 Å². The van der Waals surface area contributed by atoms with Crippen LogP contribution in [-0.2, 0) is 0 Å². The molecule has 0 aliphatic carbocycles. The monoisotopic (exact) mass is 152 g/mol. The van der Waals surface area contributed by atoms with E-state index >= 15 is 0 Å². The Hall–Kier alpha value is -0.520.